The van der Waals surface area contributed by atoms with E-state index in [0.717, 1.165) is 12.0 Å². The number of aldehydes is 1. The number of carbonyl (C=O) groups excluding carboxylic acids is 1. The highest BCUT2D eigenvalue weighted by molar-refractivity contribution is 5.70. The van der Waals surface area contributed by atoms with Crippen molar-refractivity contribution in [1.29, 1.82) is 0 Å². The summed E-state index contributed by atoms with van der Waals surface area (Å²) >= 11 is 0. The normalized spacial score (nSPS) is 10.9. The Bertz CT molecular complexity index is 484. The van der Waals surface area contributed by atoms with Gasteiger partial charge in [-0.2, -0.15) is 0 Å². The first-order valence-electron chi connectivity index (χ1n) is 5.18. The number of carbonyl (C=O) groups is 1. The summed E-state index contributed by atoms with van der Waals surface area (Å²) < 4.78 is 3.97. The van der Waals surface area contributed by atoms with E-state index in [1.165, 1.54) is 0 Å². The van der Waals surface area contributed by atoms with E-state index in [2.05, 4.69) is 28.4 Å². The van der Waals surface area contributed by atoms with E-state index >= 15 is 0 Å². The van der Waals surface area contributed by atoms with Crippen molar-refractivity contribution in [1.82, 2.24) is 19.1 Å². The van der Waals surface area contributed by atoms with E-state index in [1.807, 2.05) is 17.1 Å². The average Bonchev–Trinajstić information content (AvgIpc) is 2.87. The maximum atomic E-state index is 10.5. The molecule has 0 bridgehead atoms. The summed E-state index contributed by atoms with van der Waals surface area (Å²) in [5.74, 6) is 0. The second-order valence-electron chi connectivity index (χ2n) is 3.97. The summed E-state index contributed by atoms with van der Waals surface area (Å²) in [7, 11) is 0. The molecule has 2 aromatic rings. The topological polar surface area (TPSA) is 52.7 Å². The second-order valence-corrected chi connectivity index (χ2v) is 3.97. The third-order valence-electron chi connectivity index (χ3n) is 2.42. The lowest BCUT2D eigenvalue weighted by molar-refractivity contribution is 0.111. The Morgan fingerprint density at radius 3 is 2.88 bits per heavy atom. The van der Waals surface area contributed by atoms with Gasteiger partial charge in [0, 0.05) is 18.4 Å². The molecule has 0 unspecified atom stereocenters. The van der Waals surface area contributed by atoms with Crippen LogP contribution in [0.25, 0.3) is 0 Å². The minimum absolute atomic E-state index is 0.381. The highest BCUT2D eigenvalue weighted by Crippen LogP contribution is 2.10. The summed E-state index contributed by atoms with van der Waals surface area (Å²) in [6.45, 7) is 4.89. The zero-order valence-corrected chi connectivity index (χ0v) is 9.37. The molecule has 0 fully saturated rings. The molecule has 0 radical (unpaired) electrons. The van der Waals surface area contributed by atoms with Gasteiger partial charge in [0.05, 0.1) is 24.9 Å². The van der Waals surface area contributed by atoms with Crippen LogP contribution in [0.5, 0.6) is 0 Å². The number of nitrogens with zero attached hydrogens (tertiary/aromatic N) is 4. The fourth-order valence-corrected chi connectivity index (χ4v) is 1.63. The van der Waals surface area contributed by atoms with Crippen molar-refractivity contribution >= 4 is 6.29 Å². The number of imidazole rings is 2. The van der Waals surface area contributed by atoms with Gasteiger partial charge in [0.1, 0.15) is 5.69 Å². The van der Waals surface area contributed by atoms with Gasteiger partial charge in [-0.1, -0.05) is 0 Å². The maximum absolute atomic E-state index is 10.5. The summed E-state index contributed by atoms with van der Waals surface area (Å²) in [6.07, 6.45) is 7.78. The predicted molar refractivity (Wildman–Crippen MR) is 59.3 cm³/mol. The van der Waals surface area contributed by atoms with Crippen LogP contribution in [-0.2, 0) is 6.54 Å². The van der Waals surface area contributed by atoms with Crippen molar-refractivity contribution in [2.45, 2.75) is 26.4 Å². The first kappa shape index (κ1) is 10.6. The lowest BCUT2D eigenvalue weighted by atomic mass is 10.3. The standard InChI is InChI=1S/C11H14N4O/c1-9(2)15-7-12-3-11(15)5-14-4-10(6-16)13-8-14/h3-4,6-9H,5H2,1-2H3. The largest absolute Gasteiger partial charge is 0.331 e. The molecule has 2 rings (SSSR count). The second kappa shape index (κ2) is 4.30. The fourth-order valence-electron chi connectivity index (χ4n) is 1.63. The zero-order chi connectivity index (χ0) is 11.5. The Morgan fingerprint density at radius 2 is 2.25 bits per heavy atom. The van der Waals surface area contributed by atoms with Crippen LogP contribution in [0.15, 0.2) is 25.0 Å². The van der Waals surface area contributed by atoms with Gasteiger partial charge in [0.25, 0.3) is 0 Å². The van der Waals surface area contributed by atoms with E-state index in [9.17, 15) is 4.79 Å². The third-order valence-corrected chi connectivity index (χ3v) is 2.42. The molecule has 0 saturated carbocycles. The quantitative estimate of drug-likeness (QED) is 0.731. The van der Waals surface area contributed by atoms with Gasteiger partial charge in [0.15, 0.2) is 6.29 Å². The van der Waals surface area contributed by atoms with Crippen LogP contribution in [0.3, 0.4) is 0 Å². The first-order chi connectivity index (χ1) is 7.70. The molecule has 0 aliphatic heterocycles. The number of hydrogen-bond donors (Lipinski definition) is 0. The van der Waals surface area contributed by atoms with E-state index < -0.39 is 0 Å². The minimum atomic E-state index is 0.381. The number of aromatic nitrogens is 4. The lowest BCUT2D eigenvalue weighted by Gasteiger charge is -2.11. The molecule has 5 nitrogen and oxygen atoms in total. The minimum Gasteiger partial charge on any atom is -0.331 e. The molecule has 0 aliphatic rings. The molecule has 0 N–H and O–H groups in total. The van der Waals surface area contributed by atoms with Crippen molar-refractivity contribution in [3.05, 3.63) is 36.4 Å². The number of hydrogen-bond acceptors (Lipinski definition) is 3. The van der Waals surface area contributed by atoms with E-state index in [-0.39, 0.29) is 0 Å². The molecule has 2 aromatic heterocycles. The molecule has 0 spiro atoms. The maximum Gasteiger partial charge on any atom is 0.169 e. The molecular formula is C11H14N4O. The molecular weight excluding hydrogens is 204 g/mol. The molecule has 2 heterocycles. The van der Waals surface area contributed by atoms with Gasteiger partial charge in [0.2, 0.25) is 0 Å². The highest BCUT2D eigenvalue weighted by atomic mass is 16.1. The van der Waals surface area contributed by atoms with Crippen molar-refractivity contribution in [3.63, 3.8) is 0 Å². The lowest BCUT2D eigenvalue weighted by Crippen LogP contribution is -2.07. The van der Waals surface area contributed by atoms with E-state index in [1.54, 1.807) is 12.5 Å². The number of rotatable bonds is 4. The predicted octanol–water partition coefficient (Wildman–Crippen LogP) is 1.52. The Balaban J connectivity index is 2.20. The van der Waals surface area contributed by atoms with Gasteiger partial charge in [-0.05, 0) is 13.8 Å². The molecule has 0 aliphatic carbocycles. The zero-order valence-electron chi connectivity index (χ0n) is 9.37. The SMILES string of the molecule is CC(C)n1cncc1Cn1cnc(C=O)c1. The molecule has 0 saturated heterocycles. The van der Waals surface area contributed by atoms with Crippen molar-refractivity contribution in [2.75, 3.05) is 0 Å². The van der Waals surface area contributed by atoms with Crippen molar-refractivity contribution in [3.8, 4) is 0 Å². The smallest absolute Gasteiger partial charge is 0.169 e. The Hall–Kier alpha value is -1.91. The van der Waals surface area contributed by atoms with E-state index in [0.29, 0.717) is 18.3 Å². The van der Waals surface area contributed by atoms with Crippen LogP contribution in [-0.4, -0.2) is 25.4 Å². The van der Waals surface area contributed by atoms with Gasteiger partial charge in [-0.3, -0.25) is 4.79 Å². The summed E-state index contributed by atoms with van der Waals surface area (Å²) in [6, 6.07) is 0.381. The average molecular weight is 218 g/mol. The Labute approximate surface area is 93.8 Å². The summed E-state index contributed by atoms with van der Waals surface area (Å²) in [5.41, 5.74) is 1.56. The van der Waals surface area contributed by atoms with Gasteiger partial charge in [-0.25, -0.2) is 9.97 Å². The molecule has 0 aromatic carbocycles. The molecule has 0 atom stereocenters. The fraction of sp³-hybridized carbons (Fsp3) is 0.364. The highest BCUT2D eigenvalue weighted by Gasteiger charge is 2.06. The van der Waals surface area contributed by atoms with Gasteiger partial charge >= 0.3 is 0 Å². The van der Waals surface area contributed by atoms with Crippen LogP contribution in [0.4, 0.5) is 0 Å². The van der Waals surface area contributed by atoms with Crippen LogP contribution >= 0.6 is 0 Å². The van der Waals surface area contributed by atoms with Crippen LogP contribution in [0.1, 0.15) is 36.1 Å². The van der Waals surface area contributed by atoms with Crippen molar-refractivity contribution in [2.24, 2.45) is 0 Å². The molecule has 5 heteroatoms. The van der Waals surface area contributed by atoms with Crippen LogP contribution in [0.2, 0.25) is 0 Å². The summed E-state index contributed by atoms with van der Waals surface area (Å²) in [4.78, 5) is 18.6. The molecule has 84 valence electrons. The van der Waals surface area contributed by atoms with Gasteiger partial charge in [-0.15, -0.1) is 0 Å². The summed E-state index contributed by atoms with van der Waals surface area (Å²) in [5, 5.41) is 0. The van der Waals surface area contributed by atoms with Crippen molar-refractivity contribution < 1.29 is 4.79 Å². The first-order valence-corrected chi connectivity index (χ1v) is 5.18. The molecule has 0 amide bonds. The van der Waals surface area contributed by atoms with E-state index in [4.69, 9.17) is 0 Å². The Morgan fingerprint density at radius 1 is 1.44 bits per heavy atom. The van der Waals surface area contributed by atoms with Gasteiger partial charge < -0.3 is 9.13 Å². The molecule has 16 heavy (non-hydrogen) atoms. The Kier molecular flexibility index (Phi) is 2.85. The van der Waals surface area contributed by atoms with Crippen LogP contribution in [0, 0.1) is 0 Å². The third kappa shape index (κ3) is 2.03. The monoisotopic (exact) mass is 218 g/mol. The van der Waals surface area contributed by atoms with Crippen LogP contribution < -0.4 is 0 Å².